The van der Waals surface area contributed by atoms with Crippen LogP contribution in [0.1, 0.15) is 46.6 Å². The van der Waals surface area contributed by atoms with Gasteiger partial charge in [0.05, 0.1) is 11.3 Å². The van der Waals surface area contributed by atoms with Crippen LogP contribution in [0.15, 0.2) is 71.6 Å². The molecule has 0 spiro atoms. The Morgan fingerprint density at radius 3 is 2.55 bits per heavy atom. The molecular formula is C27H29NO4S. The van der Waals surface area contributed by atoms with E-state index in [-0.39, 0.29) is 19.1 Å². The summed E-state index contributed by atoms with van der Waals surface area (Å²) < 4.78 is 20.7. The molecule has 0 amide bonds. The quantitative estimate of drug-likeness (QED) is 0.488. The summed E-state index contributed by atoms with van der Waals surface area (Å²) in [5.41, 5.74) is 5.61. The summed E-state index contributed by atoms with van der Waals surface area (Å²) in [6.07, 6.45) is 1.67. The summed E-state index contributed by atoms with van der Waals surface area (Å²) in [6.45, 7) is 4.84. The smallest absolute Gasteiger partial charge is 0.303 e. The molecule has 1 heterocycles. The number of rotatable bonds is 8. The molecule has 172 valence electrons. The van der Waals surface area contributed by atoms with Crippen LogP contribution in [0, 0.1) is 13.8 Å². The van der Waals surface area contributed by atoms with E-state index >= 15 is 0 Å². The normalized spacial score (nSPS) is 16.6. The number of fused-ring (bicyclic) bond motifs is 1. The van der Waals surface area contributed by atoms with Crippen LogP contribution in [0.25, 0.3) is 0 Å². The number of hydrogen-bond donors (Lipinski definition) is 1. The van der Waals surface area contributed by atoms with Gasteiger partial charge in [-0.05, 0) is 72.6 Å². The van der Waals surface area contributed by atoms with Crippen molar-refractivity contribution in [2.75, 3.05) is 6.73 Å². The lowest BCUT2D eigenvalue weighted by Gasteiger charge is -2.28. The maximum atomic E-state index is 13.1. The number of aryl methyl sites for hydroxylation is 3. The zero-order valence-electron chi connectivity index (χ0n) is 19.0. The van der Waals surface area contributed by atoms with Gasteiger partial charge in [-0.3, -0.25) is 4.79 Å². The lowest BCUT2D eigenvalue weighted by Crippen LogP contribution is -2.34. The third kappa shape index (κ3) is 5.52. The molecule has 1 aliphatic heterocycles. The second-order valence-corrected chi connectivity index (χ2v) is 10.0. The maximum absolute atomic E-state index is 13.1. The van der Waals surface area contributed by atoms with Gasteiger partial charge >= 0.3 is 5.97 Å². The van der Waals surface area contributed by atoms with Crippen molar-refractivity contribution < 1.29 is 18.8 Å². The van der Waals surface area contributed by atoms with E-state index in [4.69, 9.17) is 4.74 Å². The van der Waals surface area contributed by atoms with Crippen LogP contribution >= 0.6 is 0 Å². The van der Waals surface area contributed by atoms with Gasteiger partial charge in [0.1, 0.15) is 16.7 Å². The predicted octanol–water partition coefficient (Wildman–Crippen LogP) is 5.37. The van der Waals surface area contributed by atoms with Gasteiger partial charge < -0.3 is 9.84 Å². The highest BCUT2D eigenvalue weighted by Crippen LogP contribution is 2.31. The lowest BCUT2D eigenvalue weighted by molar-refractivity contribution is -0.137. The van der Waals surface area contributed by atoms with Gasteiger partial charge in [0.15, 0.2) is 6.73 Å². The fourth-order valence-corrected chi connectivity index (χ4v) is 5.45. The average Bonchev–Trinajstić information content (AvgIpc) is 2.81. The highest BCUT2D eigenvalue weighted by atomic mass is 32.2. The van der Waals surface area contributed by atoms with Crippen LogP contribution < -0.4 is 4.74 Å². The molecule has 4 rings (SSSR count). The Balaban J connectivity index is 1.54. The van der Waals surface area contributed by atoms with Gasteiger partial charge in [0.2, 0.25) is 0 Å². The van der Waals surface area contributed by atoms with Crippen LogP contribution in [0.2, 0.25) is 0 Å². The molecule has 0 aromatic heterocycles. The minimum Gasteiger partial charge on any atom is -0.481 e. The topological polar surface area (TPSA) is 66.8 Å². The van der Waals surface area contributed by atoms with E-state index in [1.807, 2.05) is 55.5 Å². The Labute approximate surface area is 197 Å². The van der Waals surface area contributed by atoms with Crippen molar-refractivity contribution >= 4 is 17.0 Å². The second kappa shape index (κ2) is 10.3. The van der Waals surface area contributed by atoms with E-state index in [2.05, 4.69) is 25.1 Å². The zero-order valence-corrected chi connectivity index (χ0v) is 19.8. The molecule has 0 radical (unpaired) electrons. The van der Waals surface area contributed by atoms with Crippen LogP contribution in [-0.4, -0.2) is 26.3 Å². The standard InChI is InChI=1S/C27H29NO4S/c1-19-7-3-4-8-21(19)13-14-23(16-27(29)30)22-12-11-20(2)24(15-22)17-28-18-32-25-9-5-6-10-26(25)33(28)31/h3-12,15,23H,13-14,16-18H2,1-2H3,(H,29,30). The van der Waals surface area contributed by atoms with Crippen molar-refractivity contribution in [1.82, 2.24) is 4.31 Å². The molecule has 5 nitrogen and oxygen atoms in total. The summed E-state index contributed by atoms with van der Waals surface area (Å²) in [7, 11) is -1.30. The van der Waals surface area contributed by atoms with Crippen LogP contribution in [0.5, 0.6) is 5.75 Å². The molecule has 0 aliphatic carbocycles. The van der Waals surface area contributed by atoms with E-state index in [1.165, 1.54) is 11.1 Å². The van der Waals surface area contributed by atoms with Gasteiger partial charge in [0, 0.05) is 6.54 Å². The van der Waals surface area contributed by atoms with Crippen molar-refractivity contribution in [1.29, 1.82) is 0 Å². The molecule has 1 aliphatic rings. The molecule has 3 aromatic rings. The zero-order chi connectivity index (χ0) is 23.4. The Bertz CT molecular complexity index is 1180. The molecule has 33 heavy (non-hydrogen) atoms. The van der Waals surface area contributed by atoms with Crippen molar-refractivity contribution in [2.45, 2.75) is 50.5 Å². The number of benzene rings is 3. The van der Waals surface area contributed by atoms with Crippen LogP contribution in [0.4, 0.5) is 0 Å². The molecular weight excluding hydrogens is 434 g/mol. The largest absolute Gasteiger partial charge is 0.481 e. The Kier molecular flexibility index (Phi) is 7.26. The van der Waals surface area contributed by atoms with E-state index in [0.717, 1.165) is 29.5 Å². The summed E-state index contributed by atoms with van der Waals surface area (Å²) in [4.78, 5) is 12.3. The molecule has 1 N–H and O–H groups in total. The highest BCUT2D eigenvalue weighted by molar-refractivity contribution is 7.82. The molecule has 0 saturated heterocycles. The third-order valence-electron chi connectivity index (χ3n) is 6.27. The van der Waals surface area contributed by atoms with Crippen LogP contribution in [-0.2, 0) is 28.7 Å². The Hall–Kier alpha value is -2.96. The first-order valence-electron chi connectivity index (χ1n) is 11.2. The van der Waals surface area contributed by atoms with Gasteiger partial charge in [-0.1, -0.05) is 54.6 Å². The molecule has 0 saturated carbocycles. The van der Waals surface area contributed by atoms with Gasteiger partial charge in [-0.2, -0.15) is 4.31 Å². The predicted molar refractivity (Wildman–Crippen MR) is 130 cm³/mol. The molecule has 2 unspecified atom stereocenters. The van der Waals surface area contributed by atoms with Crippen molar-refractivity contribution in [3.63, 3.8) is 0 Å². The fraction of sp³-hybridized carbons (Fsp3) is 0.296. The number of carbonyl (C=O) groups is 1. The first-order chi connectivity index (χ1) is 15.9. The third-order valence-corrected chi connectivity index (χ3v) is 7.69. The number of carboxylic acid groups (broad SMARTS) is 1. The van der Waals surface area contributed by atoms with E-state index < -0.39 is 17.0 Å². The minimum atomic E-state index is -1.30. The first kappa shape index (κ1) is 23.2. The fourth-order valence-electron chi connectivity index (χ4n) is 4.27. The molecule has 0 bridgehead atoms. The molecule has 3 aromatic carbocycles. The monoisotopic (exact) mass is 463 g/mol. The van der Waals surface area contributed by atoms with Gasteiger partial charge in [0.25, 0.3) is 0 Å². The number of para-hydroxylation sites is 1. The number of aliphatic carboxylic acids is 1. The number of nitrogens with zero attached hydrogens (tertiary/aromatic N) is 1. The van der Waals surface area contributed by atoms with Crippen molar-refractivity contribution in [2.24, 2.45) is 0 Å². The summed E-state index contributed by atoms with van der Waals surface area (Å²) in [6, 6.07) is 21.8. The van der Waals surface area contributed by atoms with E-state index in [9.17, 15) is 14.1 Å². The Morgan fingerprint density at radius 1 is 1.03 bits per heavy atom. The van der Waals surface area contributed by atoms with Gasteiger partial charge in [-0.25, -0.2) is 4.21 Å². The SMILES string of the molecule is Cc1ccccc1CCC(CC(=O)O)c1ccc(C)c(CN2COc3ccccc3S2=O)c1. The molecule has 2 atom stereocenters. The summed E-state index contributed by atoms with van der Waals surface area (Å²) >= 11 is 0. The van der Waals surface area contributed by atoms with Crippen molar-refractivity contribution in [3.05, 3.63) is 94.5 Å². The van der Waals surface area contributed by atoms with Gasteiger partial charge in [-0.15, -0.1) is 0 Å². The van der Waals surface area contributed by atoms with Crippen LogP contribution in [0.3, 0.4) is 0 Å². The van der Waals surface area contributed by atoms with Crippen molar-refractivity contribution in [3.8, 4) is 5.75 Å². The lowest BCUT2D eigenvalue weighted by atomic mass is 9.87. The Morgan fingerprint density at radius 2 is 1.76 bits per heavy atom. The second-order valence-electron chi connectivity index (χ2n) is 8.56. The first-order valence-corrected chi connectivity index (χ1v) is 12.3. The summed E-state index contributed by atoms with van der Waals surface area (Å²) in [5.74, 6) is -0.227. The number of ether oxygens (including phenoxy) is 1. The minimum absolute atomic E-state index is 0.0838. The molecule has 6 heteroatoms. The summed E-state index contributed by atoms with van der Waals surface area (Å²) in [5, 5.41) is 9.54. The van der Waals surface area contributed by atoms with E-state index in [0.29, 0.717) is 17.2 Å². The number of hydrogen-bond acceptors (Lipinski definition) is 3. The molecule has 0 fully saturated rings. The average molecular weight is 464 g/mol. The number of carboxylic acids is 1. The maximum Gasteiger partial charge on any atom is 0.303 e. The van der Waals surface area contributed by atoms with E-state index in [1.54, 1.807) is 4.31 Å². The highest BCUT2D eigenvalue weighted by Gasteiger charge is 2.26.